The number of aliphatic hydroxyl groups is 1. The number of aromatic nitrogens is 1. The van der Waals surface area contributed by atoms with Crippen LogP contribution in [0.3, 0.4) is 0 Å². The van der Waals surface area contributed by atoms with E-state index in [1.165, 1.54) is 12.3 Å². The van der Waals surface area contributed by atoms with E-state index in [4.69, 9.17) is 5.11 Å². The quantitative estimate of drug-likeness (QED) is 0.822. The lowest BCUT2D eigenvalue weighted by Gasteiger charge is -2.34. The Kier molecular flexibility index (Phi) is 4.22. The monoisotopic (exact) mass is 253 g/mol. The molecule has 1 amide bonds. The highest BCUT2D eigenvalue weighted by Gasteiger charge is 2.22. The third kappa shape index (κ3) is 3.02. The predicted octanol–water partition coefficient (Wildman–Crippen LogP) is -0.0292. The van der Waals surface area contributed by atoms with Gasteiger partial charge in [0, 0.05) is 38.9 Å². The van der Waals surface area contributed by atoms with Gasteiger partial charge < -0.3 is 10.0 Å². The summed E-state index contributed by atoms with van der Waals surface area (Å²) < 4.78 is 13.0. The molecule has 0 aromatic carbocycles. The average molecular weight is 253 g/mol. The number of halogens is 1. The number of nitrogens with zero attached hydrogens (tertiary/aromatic N) is 3. The van der Waals surface area contributed by atoms with Gasteiger partial charge in [0.25, 0.3) is 5.91 Å². The molecule has 1 N–H and O–H groups in total. The fraction of sp³-hybridized carbons (Fsp3) is 0.500. The molecule has 0 atom stereocenters. The lowest BCUT2D eigenvalue weighted by molar-refractivity contribution is 0.0614. The zero-order chi connectivity index (χ0) is 13.0. The van der Waals surface area contributed by atoms with Crippen LogP contribution in [-0.4, -0.2) is 65.1 Å². The van der Waals surface area contributed by atoms with Crippen LogP contribution in [0.1, 0.15) is 10.4 Å². The number of amides is 1. The number of rotatable bonds is 3. The summed E-state index contributed by atoms with van der Waals surface area (Å²) in [7, 11) is 0. The zero-order valence-electron chi connectivity index (χ0n) is 10.0. The molecule has 0 saturated carbocycles. The fourth-order valence-corrected chi connectivity index (χ4v) is 2.03. The van der Waals surface area contributed by atoms with Crippen molar-refractivity contribution >= 4 is 5.91 Å². The molecule has 2 rings (SSSR count). The van der Waals surface area contributed by atoms with Gasteiger partial charge in [-0.3, -0.25) is 14.7 Å². The van der Waals surface area contributed by atoms with Gasteiger partial charge in [-0.15, -0.1) is 0 Å². The van der Waals surface area contributed by atoms with Crippen LogP contribution in [0.5, 0.6) is 0 Å². The number of carbonyl (C=O) groups excluding carboxylic acids is 1. The second-order valence-electron chi connectivity index (χ2n) is 4.25. The molecular weight excluding hydrogens is 237 g/mol. The predicted molar refractivity (Wildman–Crippen MR) is 63.6 cm³/mol. The van der Waals surface area contributed by atoms with Crippen molar-refractivity contribution in [3.05, 3.63) is 29.8 Å². The smallest absolute Gasteiger partial charge is 0.255 e. The summed E-state index contributed by atoms with van der Waals surface area (Å²) in [6.45, 7) is 3.40. The van der Waals surface area contributed by atoms with Gasteiger partial charge in [0.15, 0.2) is 0 Å². The SMILES string of the molecule is O=C(c1cncc(F)c1)N1CCN(CCO)CC1. The van der Waals surface area contributed by atoms with Crippen molar-refractivity contribution in [2.75, 3.05) is 39.3 Å². The first-order valence-electron chi connectivity index (χ1n) is 5.94. The van der Waals surface area contributed by atoms with Crippen molar-refractivity contribution in [3.63, 3.8) is 0 Å². The van der Waals surface area contributed by atoms with Crippen LogP contribution in [0, 0.1) is 5.82 Å². The summed E-state index contributed by atoms with van der Waals surface area (Å²) in [6, 6.07) is 1.20. The Morgan fingerprint density at radius 3 is 2.67 bits per heavy atom. The standard InChI is InChI=1S/C12H16FN3O2/c13-11-7-10(8-14-9-11)12(18)16-3-1-15(2-4-16)5-6-17/h7-9,17H,1-6H2. The Bertz CT molecular complexity index is 420. The van der Waals surface area contributed by atoms with Gasteiger partial charge in [-0.1, -0.05) is 0 Å². The number of β-amino-alcohol motifs (C(OH)–C–C–N with tert-alkyl or cyclic N) is 1. The van der Waals surface area contributed by atoms with E-state index in [2.05, 4.69) is 9.88 Å². The van der Waals surface area contributed by atoms with E-state index in [-0.39, 0.29) is 18.1 Å². The molecule has 98 valence electrons. The minimum absolute atomic E-state index is 0.127. The lowest BCUT2D eigenvalue weighted by atomic mass is 10.2. The van der Waals surface area contributed by atoms with Gasteiger partial charge in [-0.25, -0.2) is 4.39 Å². The van der Waals surface area contributed by atoms with Gasteiger partial charge >= 0.3 is 0 Å². The molecule has 6 heteroatoms. The third-order valence-electron chi connectivity index (χ3n) is 3.03. The van der Waals surface area contributed by atoms with Crippen molar-refractivity contribution in [3.8, 4) is 0 Å². The second-order valence-corrected chi connectivity index (χ2v) is 4.25. The summed E-state index contributed by atoms with van der Waals surface area (Å²) in [6.07, 6.45) is 2.46. The Morgan fingerprint density at radius 2 is 2.06 bits per heavy atom. The Labute approximate surface area is 105 Å². The molecule has 0 unspecified atom stereocenters. The van der Waals surface area contributed by atoms with E-state index in [9.17, 15) is 9.18 Å². The number of aliphatic hydroxyl groups excluding tert-OH is 1. The average Bonchev–Trinajstić information content (AvgIpc) is 2.39. The molecule has 0 aliphatic carbocycles. The van der Waals surface area contributed by atoms with E-state index >= 15 is 0 Å². The summed E-state index contributed by atoms with van der Waals surface area (Å²) in [5, 5.41) is 8.83. The Balaban J connectivity index is 1.95. The topological polar surface area (TPSA) is 56.7 Å². The highest BCUT2D eigenvalue weighted by molar-refractivity contribution is 5.93. The molecule has 5 nitrogen and oxygen atoms in total. The maximum absolute atomic E-state index is 13.0. The van der Waals surface area contributed by atoms with Gasteiger partial charge in [-0.2, -0.15) is 0 Å². The Morgan fingerprint density at radius 1 is 1.33 bits per heavy atom. The molecule has 1 fully saturated rings. The maximum Gasteiger partial charge on any atom is 0.255 e. The molecule has 1 saturated heterocycles. The van der Waals surface area contributed by atoms with Gasteiger partial charge in [0.2, 0.25) is 0 Å². The second kappa shape index (κ2) is 5.88. The molecule has 18 heavy (non-hydrogen) atoms. The first-order valence-corrected chi connectivity index (χ1v) is 5.94. The maximum atomic E-state index is 13.0. The van der Waals surface area contributed by atoms with Crippen LogP contribution in [0.25, 0.3) is 0 Å². The Hall–Kier alpha value is -1.53. The van der Waals surface area contributed by atoms with Crippen LogP contribution in [0.2, 0.25) is 0 Å². The van der Waals surface area contributed by atoms with E-state index in [1.807, 2.05) is 0 Å². The number of hydrogen-bond acceptors (Lipinski definition) is 4. The largest absolute Gasteiger partial charge is 0.395 e. The van der Waals surface area contributed by atoms with Crippen molar-refractivity contribution in [2.24, 2.45) is 0 Å². The van der Waals surface area contributed by atoms with Crippen LogP contribution in [-0.2, 0) is 0 Å². The van der Waals surface area contributed by atoms with Gasteiger partial charge in [-0.05, 0) is 6.07 Å². The molecule has 1 aromatic heterocycles. The number of piperazine rings is 1. The first-order chi connectivity index (χ1) is 8.70. The van der Waals surface area contributed by atoms with Crippen molar-refractivity contribution in [1.82, 2.24) is 14.8 Å². The summed E-state index contributed by atoms with van der Waals surface area (Å²) in [5.74, 6) is -0.689. The van der Waals surface area contributed by atoms with E-state index in [0.29, 0.717) is 19.6 Å². The summed E-state index contributed by atoms with van der Waals surface area (Å²) in [4.78, 5) is 19.5. The van der Waals surface area contributed by atoms with Crippen LogP contribution >= 0.6 is 0 Å². The van der Waals surface area contributed by atoms with E-state index in [1.54, 1.807) is 4.90 Å². The molecule has 1 aliphatic rings. The third-order valence-corrected chi connectivity index (χ3v) is 3.03. The molecule has 0 spiro atoms. The number of carbonyl (C=O) groups is 1. The molecule has 0 bridgehead atoms. The molecule has 1 aromatic rings. The van der Waals surface area contributed by atoms with Crippen molar-refractivity contribution in [1.29, 1.82) is 0 Å². The highest BCUT2D eigenvalue weighted by Crippen LogP contribution is 2.09. The van der Waals surface area contributed by atoms with Crippen molar-refractivity contribution in [2.45, 2.75) is 0 Å². The lowest BCUT2D eigenvalue weighted by Crippen LogP contribution is -2.49. The van der Waals surface area contributed by atoms with E-state index < -0.39 is 5.82 Å². The number of pyridine rings is 1. The molecule has 1 aliphatic heterocycles. The van der Waals surface area contributed by atoms with Crippen LogP contribution in [0.4, 0.5) is 4.39 Å². The summed E-state index contributed by atoms with van der Waals surface area (Å²) in [5.41, 5.74) is 0.283. The minimum atomic E-state index is -0.500. The molecule has 0 radical (unpaired) electrons. The molecule has 2 heterocycles. The van der Waals surface area contributed by atoms with E-state index in [0.717, 1.165) is 19.3 Å². The minimum Gasteiger partial charge on any atom is -0.395 e. The normalized spacial score (nSPS) is 16.9. The highest BCUT2D eigenvalue weighted by atomic mass is 19.1. The molecular formula is C12H16FN3O2. The van der Waals surface area contributed by atoms with Crippen LogP contribution < -0.4 is 0 Å². The van der Waals surface area contributed by atoms with Gasteiger partial charge in [0.1, 0.15) is 5.82 Å². The fourth-order valence-electron chi connectivity index (χ4n) is 2.03. The van der Waals surface area contributed by atoms with Gasteiger partial charge in [0.05, 0.1) is 18.4 Å². The zero-order valence-corrected chi connectivity index (χ0v) is 10.0. The summed E-state index contributed by atoms with van der Waals surface area (Å²) >= 11 is 0. The van der Waals surface area contributed by atoms with Crippen molar-refractivity contribution < 1.29 is 14.3 Å². The van der Waals surface area contributed by atoms with Crippen LogP contribution in [0.15, 0.2) is 18.5 Å². The number of hydrogen-bond donors (Lipinski definition) is 1. The first kappa shape index (κ1) is 12.9.